The second kappa shape index (κ2) is 9.20. The molecule has 0 unspecified atom stereocenters. The lowest BCUT2D eigenvalue weighted by Crippen LogP contribution is -2.41. The molecule has 0 radical (unpaired) electrons. The van der Waals surface area contributed by atoms with Crippen LogP contribution in [0.4, 0.5) is 10.6 Å². The number of aromatic nitrogens is 5. The van der Waals surface area contributed by atoms with Crippen molar-refractivity contribution in [3.05, 3.63) is 36.8 Å². The van der Waals surface area contributed by atoms with E-state index >= 15 is 0 Å². The number of fused-ring (bicyclic) bond motifs is 2. The molecular formula is C26H33N7O2. The van der Waals surface area contributed by atoms with Gasteiger partial charge in [-0.25, -0.2) is 19.4 Å². The Hall–Kier alpha value is -3.62. The summed E-state index contributed by atoms with van der Waals surface area (Å²) in [5.74, 6) is 1.03. The number of nitrogen functional groups attached to an aromatic ring is 1. The van der Waals surface area contributed by atoms with E-state index in [9.17, 15) is 4.79 Å². The van der Waals surface area contributed by atoms with Crippen LogP contribution in [0.3, 0.4) is 0 Å². The molecule has 9 heteroatoms. The molecule has 1 saturated heterocycles. The number of carbonyl (C=O) groups is 1. The first-order valence-corrected chi connectivity index (χ1v) is 12.3. The fourth-order valence-corrected chi connectivity index (χ4v) is 4.85. The lowest BCUT2D eigenvalue weighted by atomic mass is 9.92. The topological polar surface area (TPSA) is 115 Å². The van der Waals surface area contributed by atoms with Gasteiger partial charge in [-0.15, -0.1) is 0 Å². The van der Waals surface area contributed by atoms with Crippen LogP contribution in [0.25, 0.3) is 33.2 Å². The van der Waals surface area contributed by atoms with Crippen molar-refractivity contribution in [1.29, 1.82) is 0 Å². The third kappa shape index (κ3) is 4.94. The standard InChI is InChI=1S/C26H33N7O2/c1-26(2,3)35-25(34)32-13-9-17(10-14-32)5-4-12-33-24-21(23(27)29-16-30-24)22(31-33)19-6-7-20-18(15-19)8-11-28-20/h6-8,11,15-17,28H,4-5,9-10,12-14H2,1-3H3,(H2,27,29,30). The second-order valence-corrected chi connectivity index (χ2v) is 10.4. The molecule has 0 aliphatic carbocycles. The van der Waals surface area contributed by atoms with Crippen LogP contribution in [0.1, 0.15) is 46.5 Å². The van der Waals surface area contributed by atoms with Crippen LogP contribution in [0, 0.1) is 5.92 Å². The number of hydrogen-bond acceptors (Lipinski definition) is 6. The maximum absolute atomic E-state index is 12.3. The number of amides is 1. The fraction of sp³-hybridized carbons (Fsp3) is 0.462. The highest BCUT2D eigenvalue weighted by atomic mass is 16.6. The molecule has 5 rings (SSSR count). The molecule has 0 saturated carbocycles. The van der Waals surface area contributed by atoms with Crippen molar-refractivity contribution >= 4 is 33.8 Å². The zero-order chi connectivity index (χ0) is 24.6. The van der Waals surface area contributed by atoms with E-state index in [-0.39, 0.29) is 6.09 Å². The molecule has 0 bridgehead atoms. The summed E-state index contributed by atoms with van der Waals surface area (Å²) in [4.78, 5) is 26.1. The van der Waals surface area contributed by atoms with Crippen molar-refractivity contribution in [2.24, 2.45) is 5.92 Å². The molecule has 184 valence electrons. The maximum Gasteiger partial charge on any atom is 0.410 e. The summed E-state index contributed by atoms with van der Waals surface area (Å²) in [5.41, 5.74) is 9.47. The van der Waals surface area contributed by atoms with E-state index in [0.29, 0.717) is 11.7 Å². The van der Waals surface area contributed by atoms with Crippen LogP contribution < -0.4 is 5.73 Å². The largest absolute Gasteiger partial charge is 0.444 e. The summed E-state index contributed by atoms with van der Waals surface area (Å²) < 4.78 is 7.47. The van der Waals surface area contributed by atoms with Crippen molar-refractivity contribution < 1.29 is 9.53 Å². The molecule has 1 aliphatic rings. The number of nitrogens with zero attached hydrogens (tertiary/aromatic N) is 5. The summed E-state index contributed by atoms with van der Waals surface area (Å²) in [6, 6.07) is 8.27. The number of likely N-dealkylation sites (tertiary alicyclic amines) is 1. The van der Waals surface area contributed by atoms with Crippen molar-refractivity contribution in [1.82, 2.24) is 29.6 Å². The number of H-pyrrole nitrogens is 1. The first kappa shape index (κ1) is 23.1. The first-order valence-electron chi connectivity index (χ1n) is 12.3. The van der Waals surface area contributed by atoms with Gasteiger partial charge < -0.3 is 20.4 Å². The number of ether oxygens (including phenoxy) is 1. The van der Waals surface area contributed by atoms with E-state index < -0.39 is 5.60 Å². The Balaban J connectivity index is 1.25. The van der Waals surface area contributed by atoms with E-state index in [1.54, 1.807) is 0 Å². The van der Waals surface area contributed by atoms with E-state index in [2.05, 4.69) is 33.2 Å². The van der Waals surface area contributed by atoms with Crippen LogP contribution in [-0.2, 0) is 11.3 Å². The molecule has 4 aromatic rings. The molecule has 9 nitrogen and oxygen atoms in total. The summed E-state index contributed by atoms with van der Waals surface area (Å²) in [6.07, 6.45) is 7.28. The lowest BCUT2D eigenvalue weighted by Gasteiger charge is -2.33. The Labute approximate surface area is 204 Å². The normalized spacial score (nSPS) is 15.2. The van der Waals surface area contributed by atoms with Gasteiger partial charge in [0.25, 0.3) is 0 Å². The minimum Gasteiger partial charge on any atom is -0.444 e. The number of benzene rings is 1. The van der Waals surface area contributed by atoms with Crippen molar-refractivity contribution in [2.45, 2.75) is 58.6 Å². The lowest BCUT2D eigenvalue weighted by molar-refractivity contribution is 0.0180. The van der Waals surface area contributed by atoms with Gasteiger partial charge in [0.15, 0.2) is 5.65 Å². The van der Waals surface area contributed by atoms with E-state index in [1.807, 2.05) is 42.6 Å². The predicted molar refractivity (Wildman–Crippen MR) is 137 cm³/mol. The molecule has 1 fully saturated rings. The van der Waals surface area contributed by atoms with E-state index in [0.717, 1.165) is 78.5 Å². The van der Waals surface area contributed by atoms with Crippen molar-refractivity contribution in [3.63, 3.8) is 0 Å². The van der Waals surface area contributed by atoms with Gasteiger partial charge in [0.2, 0.25) is 0 Å². The predicted octanol–water partition coefficient (Wildman–Crippen LogP) is 4.98. The maximum atomic E-state index is 12.3. The number of carbonyl (C=O) groups excluding carboxylic acids is 1. The molecule has 1 amide bonds. The van der Waals surface area contributed by atoms with Gasteiger partial charge in [0, 0.05) is 42.3 Å². The Morgan fingerprint density at radius 1 is 1.20 bits per heavy atom. The molecule has 0 spiro atoms. The Bertz CT molecular complexity index is 1340. The molecule has 35 heavy (non-hydrogen) atoms. The minimum atomic E-state index is -0.459. The zero-order valence-electron chi connectivity index (χ0n) is 20.6. The summed E-state index contributed by atoms with van der Waals surface area (Å²) >= 11 is 0. The number of aryl methyl sites for hydroxylation is 1. The van der Waals surface area contributed by atoms with Crippen LogP contribution in [0.15, 0.2) is 36.8 Å². The average molecular weight is 476 g/mol. The van der Waals surface area contributed by atoms with Crippen molar-refractivity contribution in [3.8, 4) is 11.3 Å². The van der Waals surface area contributed by atoms with Gasteiger partial charge in [-0.2, -0.15) is 5.10 Å². The number of anilines is 1. The van der Waals surface area contributed by atoms with E-state index in [4.69, 9.17) is 15.6 Å². The van der Waals surface area contributed by atoms with Crippen LogP contribution in [0.2, 0.25) is 0 Å². The number of hydrogen-bond donors (Lipinski definition) is 2. The molecule has 0 atom stereocenters. The Kier molecular flexibility index (Phi) is 6.08. The van der Waals surface area contributed by atoms with Crippen LogP contribution in [0.5, 0.6) is 0 Å². The molecular weight excluding hydrogens is 442 g/mol. The molecule has 4 heterocycles. The first-order chi connectivity index (χ1) is 16.8. The van der Waals surface area contributed by atoms with Gasteiger partial charge in [0.1, 0.15) is 23.4 Å². The Morgan fingerprint density at radius 3 is 2.77 bits per heavy atom. The monoisotopic (exact) mass is 475 g/mol. The molecule has 1 aromatic carbocycles. The quantitative estimate of drug-likeness (QED) is 0.420. The summed E-state index contributed by atoms with van der Waals surface area (Å²) in [5, 5.41) is 6.84. The number of nitrogens with one attached hydrogen (secondary N) is 1. The SMILES string of the molecule is CC(C)(C)OC(=O)N1CCC(CCCn2nc(-c3ccc4[nH]ccc4c3)c3c(N)ncnc32)CC1. The molecule has 3 aromatic heterocycles. The summed E-state index contributed by atoms with van der Waals surface area (Å²) in [6.45, 7) is 7.96. The van der Waals surface area contributed by atoms with Gasteiger partial charge in [-0.05, 0) is 70.6 Å². The fourth-order valence-electron chi connectivity index (χ4n) is 4.85. The molecule has 3 N–H and O–H groups in total. The third-order valence-electron chi connectivity index (χ3n) is 6.63. The minimum absolute atomic E-state index is 0.207. The van der Waals surface area contributed by atoms with Gasteiger partial charge >= 0.3 is 6.09 Å². The molecule has 1 aliphatic heterocycles. The number of aromatic amines is 1. The van der Waals surface area contributed by atoms with Gasteiger partial charge in [0.05, 0.1) is 5.39 Å². The smallest absolute Gasteiger partial charge is 0.410 e. The summed E-state index contributed by atoms with van der Waals surface area (Å²) in [7, 11) is 0. The van der Waals surface area contributed by atoms with Crippen LogP contribution >= 0.6 is 0 Å². The van der Waals surface area contributed by atoms with E-state index in [1.165, 1.54) is 6.33 Å². The highest BCUT2D eigenvalue weighted by Crippen LogP contribution is 2.32. The average Bonchev–Trinajstić information content (AvgIpc) is 3.43. The second-order valence-electron chi connectivity index (χ2n) is 10.4. The zero-order valence-corrected chi connectivity index (χ0v) is 20.6. The Morgan fingerprint density at radius 2 is 2.00 bits per heavy atom. The van der Waals surface area contributed by atoms with Crippen LogP contribution in [-0.4, -0.2) is 54.4 Å². The van der Waals surface area contributed by atoms with Gasteiger partial charge in [-0.3, -0.25) is 0 Å². The number of nitrogens with two attached hydrogens (primary N) is 1. The highest BCUT2D eigenvalue weighted by Gasteiger charge is 2.27. The van der Waals surface area contributed by atoms with Gasteiger partial charge in [-0.1, -0.05) is 6.07 Å². The van der Waals surface area contributed by atoms with Crippen molar-refractivity contribution in [2.75, 3.05) is 18.8 Å². The highest BCUT2D eigenvalue weighted by molar-refractivity contribution is 5.99. The third-order valence-corrected chi connectivity index (χ3v) is 6.63. The number of piperidine rings is 1. The number of rotatable bonds is 5.